The van der Waals surface area contributed by atoms with E-state index in [1.165, 1.54) is 25.7 Å². The molecule has 0 amide bonds. The second-order valence-electron chi connectivity index (χ2n) is 4.71. The van der Waals surface area contributed by atoms with Gasteiger partial charge in [0.2, 0.25) is 0 Å². The van der Waals surface area contributed by atoms with Crippen molar-refractivity contribution >= 4 is 0 Å². The fraction of sp³-hybridized carbons (Fsp3) is 1.00. The summed E-state index contributed by atoms with van der Waals surface area (Å²) in [5.74, 6) is 0.984. The van der Waals surface area contributed by atoms with E-state index in [1.54, 1.807) is 0 Å². The standard InChI is InChI=1S/C11H18F2/c12-10-5-9(6-11(13)7-10)8-3-1-2-4-8/h8-11H,1-7H2. The summed E-state index contributed by atoms with van der Waals surface area (Å²) in [5, 5.41) is 0. The van der Waals surface area contributed by atoms with Crippen molar-refractivity contribution in [3.8, 4) is 0 Å². The van der Waals surface area contributed by atoms with Crippen LogP contribution in [0.4, 0.5) is 8.78 Å². The van der Waals surface area contributed by atoms with E-state index in [0.717, 1.165) is 0 Å². The Hall–Kier alpha value is -0.140. The summed E-state index contributed by atoms with van der Waals surface area (Å²) in [4.78, 5) is 0. The van der Waals surface area contributed by atoms with Gasteiger partial charge in [0.1, 0.15) is 12.3 Å². The van der Waals surface area contributed by atoms with Gasteiger partial charge in [-0.1, -0.05) is 25.7 Å². The van der Waals surface area contributed by atoms with E-state index in [2.05, 4.69) is 0 Å². The van der Waals surface area contributed by atoms with Crippen LogP contribution in [0.1, 0.15) is 44.9 Å². The van der Waals surface area contributed by atoms with Crippen LogP contribution < -0.4 is 0 Å². The summed E-state index contributed by atoms with van der Waals surface area (Å²) in [7, 11) is 0. The zero-order valence-corrected chi connectivity index (χ0v) is 8.02. The number of hydrogen-bond donors (Lipinski definition) is 0. The first-order chi connectivity index (χ1) is 6.25. The minimum atomic E-state index is -0.866. The van der Waals surface area contributed by atoms with Crippen molar-refractivity contribution in [1.82, 2.24) is 0 Å². The van der Waals surface area contributed by atoms with Gasteiger partial charge in [0.25, 0.3) is 0 Å². The maximum absolute atomic E-state index is 13.1. The molecule has 0 aliphatic heterocycles. The Morgan fingerprint density at radius 3 is 1.77 bits per heavy atom. The van der Waals surface area contributed by atoms with Crippen molar-refractivity contribution in [2.24, 2.45) is 11.8 Å². The molecule has 13 heavy (non-hydrogen) atoms. The van der Waals surface area contributed by atoms with E-state index in [0.29, 0.717) is 24.7 Å². The molecule has 0 aromatic carbocycles. The van der Waals surface area contributed by atoms with Crippen LogP contribution in [0.5, 0.6) is 0 Å². The fourth-order valence-corrected chi connectivity index (χ4v) is 3.04. The molecule has 2 heteroatoms. The quantitative estimate of drug-likeness (QED) is 0.589. The molecule has 2 unspecified atom stereocenters. The van der Waals surface area contributed by atoms with Gasteiger partial charge in [-0.3, -0.25) is 0 Å². The van der Waals surface area contributed by atoms with Crippen LogP contribution in [0.15, 0.2) is 0 Å². The van der Waals surface area contributed by atoms with E-state index >= 15 is 0 Å². The van der Waals surface area contributed by atoms with Crippen molar-refractivity contribution in [2.75, 3.05) is 0 Å². The van der Waals surface area contributed by atoms with Crippen LogP contribution in [0.3, 0.4) is 0 Å². The smallest absolute Gasteiger partial charge is 0.103 e. The monoisotopic (exact) mass is 188 g/mol. The normalized spacial score (nSPS) is 42.5. The lowest BCUT2D eigenvalue weighted by Gasteiger charge is -2.31. The second kappa shape index (κ2) is 3.93. The predicted molar refractivity (Wildman–Crippen MR) is 49.1 cm³/mol. The Bertz CT molecular complexity index is 153. The summed E-state index contributed by atoms with van der Waals surface area (Å²) >= 11 is 0. The third-order valence-electron chi connectivity index (χ3n) is 3.70. The van der Waals surface area contributed by atoms with E-state index in [1.807, 2.05) is 0 Å². The molecule has 2 rings (SSSR count). The van der Waals surface area contributed by atoms with Crippen molar-refractivity contribution in [2.45, 2.75) is 57.3 Å². The summed E-state index contributed by atoms with van der Waals surface area (Å²) < 4.78 is 26.2. The Morgan fingerprint density at radius 2 is 1.23 bits per heavy atom. The third-order valence-corrected chi connectivity index (χ3v) is 3.70. The molecule has 2 aliphatic rings. The van der Waals surface area contributed by atoms with Crippen LogP contribution in [0, 0.1) is 11.8 Å². The van der Waals surface area contributed by atoms with Crippen molar-refractivity contribution in [3.63, 3.8) is 0 Å². The molecule has 0 aromatic heterocycles. The molecule has 0 radical (unpaired) electrons. The summed E-state index contributed by atoms with van der Waals surface area (Å²) in [6.07, 6.45) is 4.65. The lowest BCUT2D eigenvalue weighted by atomic mass is 9.78. The van der Waals surface area contributed by atoms with Gasteiger partial charge in [0.05, 0.1) is 0 Å². The largest absolute Gasteiger partial charge is 0.247 e. The molecule has 0 aromatic rings. The minimum Gasteiger partial charge on any atom is -0.247 e. The number of rotatable bonds is 1. The summed E-state index contributed by atoms with van der Waals surface area (Å²) in [6.45, 7) is 0. The Labute approximate surface area is 78.7 Å². The minimum absolute atomic E-state index is 0.156. The molecule has 0 spiro atoms. The van der Waals surface area contributed by atoms with E-state index in [-0.39, 0.29) is 6.42 Å². The first-order valence-corrected chi connectivity index (χ1v) is 5.54. The Morgan fingerprint density at radius 1 is 0.692 bits per heavy atom. The molecule has 0 N–H and O–H groups in total. The average Bonchev–Trinajstić information content (AvgIpc) is 2.53. The van der Waals surface area contributed by atoms with Gasteiger partial charge in [-0.25, -0.2) is 8.78 Å². The topological polar surface area (TPSA) is 0 Å². The van der Waals surface area contributed by atoms with Gasteiger partial charge in [0.15, 0.2) is 0 Å². The van der Waals surface area contributed by atoms with Gasteiger partial charge in [-0.15, -0.1) is 0 Å². The zero-order chi connectivity index (χ0) is 9.26. The van der Waals surface area contributed by atoms with E-state index < -0.39 is 12.3 Å². The van der Waals surface area contributed by atoms with Crippen LogP contribution in [-0.2, 0) is 0 Å². The molecule has 2 saturated carbocycles. The number of hydrogen-bond acceptors (Lipinski definition) is 0. The molecular formula is C11H18F2. The van der Waals surface area contributed by atoms with Crippen molar-refractivity contribution in [1.29, 1.82) is 0 Å². The van der Waals surface area contributed by atoms with E-state index in [4.69, 9.17) is 0 Å². The molecule has 0 bridgehead atoms. The second-order valence-corrected chi connectivity index (χ2v) is 4.71. The highest BCUT2D eigenvalue weighted by molar-refractivity contribution is 4.84. The average molecular weight is 188 g/mol. The van der Waals surface area contributed by atoms with Crippen LogP contribution in [0.25, 0.3) is 0 Å². The van der Waals surface area contributed by atoms with E-state index in [9.17, 15) is 8.78 Å². The van der Waals surface area contributed by atoms with Crippen LogP contribution >= 0.6 is 0 Å². The van der Waals surface area contributed by atoms with Crippen LogP contribution in [0.2, 0.25) is 0 Å². The summed E-state index contributed by atoms with van der Waals surface area (Å²) in [6, 6.07) is 0. The molecule has 2 fully saturated rings. The zero-order valence-electron chi connectivity index (χ0n) is 8.02. The van der Waals surface area contributed by atoms with Gasteiger partial charge >= 0.3 is 0 Å². The Balaban J connectivity index is 1.90. The first kappa shape index (κ1) is 9.42. The molecule has 0 saturated heterocycles. The van der Waals surface area contributed by atoms with Gasteiger partial charge in [-0.05, 0) is 24.7 Å². The lowest BCUT2D eigenvalue weighted by Crippen LogP contribution is -2.28. The third kappa shape index (κ3) is 2.21. The number of halogens is 2. The molecule has 2 atom stereocenters. The van der Waals surface area contributed by atoms with Gasteiger partial charge < -0.3 is 0 Å². The fourth-order valence-electron chi connectivity index (χ4n) is 3.04. The highest BCUT2D eigenvalue weighted by atomic mass is 19.1. The summed E-state index contributed by atoms with van der Waals surface area (Å²) in [5.41, 5.74) is 0. The molecule has 0 nitrogen and oxygen atoms in total. The van der Waals surface area contributed by atoms with Crippen molar-refractivity contribution in [3.05, 3.63) is 0 Å². The first-order valence-electron chi connectivity index (χ1n) is 5.54. The maximum Gasteiger partial charge on any atom is 0.103 e. The molecule has 0 heterocycles. The van der Waals surface area contributed by atoms with Crippen molar-refractivity contribution < 1.29 is 8.78 Å². The molecule has 2 aliphatic carbocycles. The van der Waals surface area contributed by atoms with Gasteiger partial charge in [-0.2, -0.15) is 0 Å². The number of alkyl halides is 2. The molecular weight excluding hydrogens is 170 g/mol. The lowest BCUT2D eigenvalue weighted by molar-refractivity contribution is 0.0879. The maximum atomic E-state index is 13.1. The van der Waals surface area contributed by atoms with Crippen LogP contribution in [-0.4, -0.2) is 12.3 Å². The molecule has 76 valence electrons. The predicted octanol–water partition coefficient (Wildman–Crippen LogP) is 3.65. The highest BCUT2D eigenvalue weighted by Crippen LogP contribution is 2.40. The Kier molecular flexibility index (Phi) is 2.85. The van der Waals surface area contributed by atoms with Gasteiger partial charge in [0, 0.05) is 6.42 Å². The SMILES string of the molecule is FC1CC(F)CC(C2CCCC2)C1. The highest BCUT2D eigenvalue weighted by Gasteiger charge is 2.34.